The average molecular weight is 498 g/mol. The number of nitrogens with two attached hydrogens (primary N) is 2. The highest BCUT2D eigenvalue weighted by atomic mass is 16.3. The highest BCUT2D eigenvalue weighted by Crippen LogP contribution is 2.21. The first-order valence-electron chi connectivity index (χ1n) is 12.8. The topological polar surface area (TPSA) is 134 Å². The molecule has 10 nitrogen and oxygen atoms in total. The van der Waals surface area contributed by atoms with E-state index < -0.39 is 12.1 Å². The molecule has 5 N–H and O–H groups in total. The number of aromatic nitrogens is 2. The summed E-state index contributed by atoms with van der Waals surface area (Å²) in [4.78, 5) is 35.7. The standard InChI is InChI=1S/C26H39N7O3/c1-19(27)21-7-10-30(11-8-21)17-20-3-5-22(6-4-20)33-12-9-23(29-25(33)36)31-13-15-32(16-14-31)24(35)26(2,28)18-34/h3-6,9,12,19,21,34H,7-8,10-11,13-18,27-28H2,1-2H3/t19-,26+/m1/s1. The SMILES string of the molecule is C[C@@H](N)C1CCN(Cc2ccc(-n3ccc(N4CCN(C(=O)[C@@](C)(N)CO)CC4)nc3=O)cc2)CC1. The van der Waals surface area contributed by atoms with E-state index in [1.165, 1.54) is 12.5 Å². The van der Waals surface area contributed by atoms with E-state index in [1.54, 1.807) is 15.7 Å². The van der Waals surface area contributed by atoms with Crippen molar-refractivity contribution in [2.24, 2.45) is 17.4 Å². The fraction of sp³-hybridized carbons (Fsp3) is 0.577. The molecule has 2 fully saturated rings. The highest BCUT2D eigenvalue weighted by Gasteiger charge is 2.34. The molecular formula is C26H39N7O3. The molecule has 0 saturated carbocycles. The molecule has 2 aliphatic rings. The van der Waals surface area contributed by atoms with Crippen LogP contribution in [0.2, 0.25) is 0 Å². The van der Waals surface area contributed by atoms with E-state index in [2.05, 4.69) is 28.9 Å². The van der Waals surface area contributed by atoms with Crippen molar-refractivity contribution >= 4 is 11.7 Å². The Morgan fingerprint density at radius 1 is 1.11 bits per heavy atom. The Hall–Kier alpha value is -2.79. The van der Waals surface area contributed by atoms with Crippen LogP contribution in [0.3, 0.4) is 0 Å². The molecule has 2 aliphatic heterocycles. The van der Waals surface area contributed by atoms with Crippen LogP contribution in [0.25, 0.3) is 5.69 Å². The molecule has 0 spiro atoms. The van der Waals surface area contributed by atoms with E-state index in [-0.39, 0.29) is 17.6 Å². The van der Waals surface area contributed by atoms with Crippen LogP contribution in [0.4, 0.5) is 5.82 Å². The monoisotopic (exact) mass is 497 g/mol. The van der Waals surface area contributed by atoms with Crippen LogP contribution in [0.5, 0.6) is 0 Å². The second kappa shape index (κ2) is 11.1. The molecule has 0 bridgehead atoms. The zero-order valence-corrected chi connectivity index (χ0v) is 21.3. The summed E-state index contributed by atoms with van der Waals surface area (Å²) in [6.45, 7) is 8.25. The van der Waals surface area contributed by atoms with Crippen LogP contribution in [0.1, 0.15) is 32.3 Å². The van der Waals surface area contributed by atoms with Gasteiger partial charge in [-0.2, -0.15) is 4.98 Å². The molecular weight excluding hydrogens is 458 g/mol. The third-order valence-electron chi connectivity index (χ3n) is 7.49. The molecule has 0 unspecified atom stereocenters. The van der Waals surface area contributed by atoms with Gasteiger partial charge in [0.25, 0.3) is 0 Å². The maximum atomic E-state index is 12.8. The summed E-state index contributed by atoms with van der Waals surface area (Å²) < 4.78 is 1.54. The molecule has 1 aromatic carbocycles. The molecule has 1 amide bonds. The van der Waals surface area contributed by atoms with Crippen molar-refractivity contribution in [3.8, 4) is 5.69 Å². The summed E-state index contributed by atoms with van der Waals surface area (Å²) in [7, 11) is 0. The predicted molar refractivity (Wildman–Crippen MR) is 140 cm³/mol. The summed E-state index contributed by atoms with van der Waals surface area (Å²) in [6.07, 6.45) is 4.03. The molecule has 10 heteroatoms. The molecule has 2 atom stereocenters. The molecule has 2 aromatic rings. The van der Waals surface area contributed by atoms with Crippen LogP contribution in [0.15, 0.2) is 41.3 Å². The molecule has 0 radical (unpaired) electrons. The van der Waals surface area contributed by atoms with Crippen molar-refractivity contribution in [2.75, 3.05) is 50.8 Å². The number of rotatable bonds is 7. The van der Waals surface area contributed by atoms with Gasteiger partial charge in [0.05, 0.1) is 12.3 Å². The fourth-order valence-corrected chi connectivity index (χ4v) is 4.99. The Kier molecular flexibility index (Phi) is 8.09. The fourth-order valence-electron chi connectivity index (χ4n) is 4.99. The van der Waals surface area contributed by atoms with Gasteiger partial charge in [0.2, 0.25) is 5.91 Å². The number of anilines is 1. The normalized spacial score (nSPS) is 20.2. The number of aliphatic hydroxyl groups is 1. The van der Waals surface area contributed by atoms with Crippen molar-refractivity contribution in [1.82, 2.24) is 19.4 Å². The van der Waals surface area contributed by atoms with Crippen LogP contribution < -0.4 is 22.1 Å². The Morgan fingerprint density at radius 3 is 2.31 bits per heavy atom. The minimum atomic E-state index is -1.28. The van der Waals surface area contributed by atoms with Crippen LogP contribution in [-0.4, -0.2) is 87.8 Å². The third kappa shape index (κ3) is 5.95. The van der Waals surface area contributed by atoms with Gasteiger partial charge in [0, 0.05) is 45.0 Å². The number of likely N-dealkylation sites (tertiary alicyclic amines) is 1. The molecule has 0 aliphatic carbocycles. The number of carbonyl (C=O) groups is 1. The zero-order chi connectivity index (χ0) is 25.9. The van der Waals surface area contributed by atoms with Crippen LogP contribution in [-0.2, 0) is 11.3 Å². The Bertz CT molecular complexity index is 1080. The Morgan fingerprint density at radius 2 is 1.75 bits per heavy atom. The van der Waals surface area contributed by atoms with Crippen molar-refractivity contribution < 1.29 is 9.90 Å². The van der Waals surface area contributed by atoms with E-state index in [9.17, 15) is 14.7 Å². The maximum absolute atomic E-state index is 12.8. The lowest BCUT2D eigenvalue weighted by Crippen LogP contribution is -2.60. The number of piperidine rings is 1. The van der Waals surface area contributed by atoms with Gasteiger partial charge in [-0.1, -0.05) is 12.1 Å². The van der Waals surface area contributed by atoms with Crippen molar-refractivity contribution in [1.29, 1.82) is 0 Å². The van der Waals surface area contributed by atoms with Gasteiger partial charge < -0.3 is 26.4 Å². The summed E-state index contributed by atoms with van der Waals surface area (Å²) >= 11 is 0. The molecule has 3 heterocycles. The zero-order valence-electron chi connectivity index (χ0n) is 21.3. The summed E-state index contributed by atoms with van der Waals surface area (Å²) in [6, 6.07) is 10.2. The van der Waals surface area contributed by atoms with Gasteiger partial charge in [-0.3, -0.25) is 14.3 Å². The maximum Gasteiger partial charge on any atom is 0.354 e. The summed E-state index contributed by atoms with van der Waals surface area (Å²) in [5, 5.41) is 9.35. The lowest BCUT2D eigenvalue weighted by atomic mass is 9.91. The van der Waals surface area contributed by atoms with Gasteiger partial charge >= 0.3 is 5.69 Å². The summed E-state index contributed by atoms with van der Waals surface area (Å²) in [5.74, 6) is 0.935. The third-order valence-corrected chi connectivity index (χ3v) is 7.49. The van der Waals surface area contributed by atoms with Crippen molar-refractivity contribution in [3.05, 3.63) is 52.6 Å². The number of amides is 1. The van der Waals surface area contributed by atoms with Crippen molar-refractivity contribution in [3.63, 3.8) is 0 Å². The van der Waals surface area contributed by atoms with Gasteiger partial charge in [-0.25, -0.2) is 4.79 Å². The number of hydrogen-bond acceptors (Lipinski definition) is 8. The van der Waals surface area contributed by atoms with E-state index in [0.717, 1.165) is 38.2 Å². The quantitative estimate of drug-likeness (QED) is 0.492. The second-order valence-electron chi connectivity index (χ2n) is 10.4. The summed E-state index contributed by atoms with van der Waals surface area (Å²) in [5.41, 5.74) is 12.3. The average Bonchev–Trinajstić information content (AvgIpc) is 2.89. The molecule has 36 heavy (non-hydrogen) atoms. The lowest BCUT2D eigenvalue weighted by Gasteiger charge is -2.38. The molecule has 196 valence electrons. The minimum absolute atomic E-state index is 0.262. The predicted octanol–water partition coefficient (Wildman–Crippen LogP) is 0.150. The number of benzene rings is 1. The number of piperazine rings is 1. The number of nitrogens with zero attached hydrogens (tertiary/aromatic N) is 5. The number of hydrogen-bond donors (Lipinski definition) is 3. The van der Waals surface area contributed by atoms with Crippen molar-refractivity contribution in [2.45, 2.75) is 44.8 Å². The number of aliphatic hydroxyl groups excluding tert-OH is 1. The second-order valence-corrected chi connectivity index (χ2v) is 10.4. The molecule has 2 saturated heterocycles. The van der Waals surface area contributed by atoms with Gasteiger partial charge in [-0.05, 0) is 69.5 Å². The van der Waals surface area contributed by atoms with E-state index in [1.807, 2.05) is 23.1 Å². The van der Waals surface area contributed by atoms with Gasteiger partial charge in [-0.15, -0.1) is 0 Å². The number of carbonyl (C=O) groups excluding carboxylic acids is 1. The largest absolute Gasteiger partial charge is 0.394 e. The smallest absolute Gasteiger partial charge is 0.354 e. The molecule has 1 aromatic heterocycles. The Labute approximate surface area is 212 Å². The highest BCUT2D eigenvalue weighted by molar-refractivity contribution is 5.86. The van der Waals surface area contributed by atoms with Crippen LogP contribution in [0, 0.1) is 5.92 Å². The first-order chi connectivity index (χ1) is 17.2. The lowest BCUT2D eigenvalue weighted by molar-refractivity contribution is -0.138. The first-order valence-corrected chi connectivity index (χ1v) is 12.8. The van der Waals surface area contributed by atoms with E-state index in [4.69, 9.17) is 11.5 Å². The van der Waals surface area contributed by atoms with Gasteiger partial charge in [0.1, 0.15) is 11.4 Å². The van der Waals surface area contributed by atoms with E-state index >= 15 is 0 Å². The minimum Gasteiger partial charge on any atom is -0.394 e. The van der Waals surface area contributed by atoms with Crippen LogP contribution >= 0.6 is 0 Å². The van der Waals surface area contributed by atoms with E-state index in [0.29, 0.717) is 37.9 Å². The molecule has 4 rings (SSSR count). The Balaban J connectivity index is 1.34. The first kappa shape index (κ1) is 26.3. The van der Waals surface area contributed by atoms with Gasteiger partial charge in [0.15, 0.2) is 0 Å².